The van der Waals surface area contributed by atoms with E-state index in [4.69, 9.17) is 4.74 Å². The summed E-state index contributed by atoms with van der Waals surface area (Å²) in [6, 6.07) is 12.7. The van der Waals surface area contributed by atoms with E-state index in [1.165, 1.54) is 0 Å². The number of pyridine rings is 1. The topological polar surface area (TPSA) is 62.7 Å². The molecule has 0 spiro atoms. The average molecular weight is 339 g/mol. The molecule has 0 saturated carbocycles. The molecule has 2 amide bonds. The van der Waals surface area contributed by atoms with Crippen molar-refractivity contribution in [3.63, 3.8) is 0 Å². The Morgan fingerprint density at radius 2 is 1.88 bits per heavy atom. The second kappa shape index (κ2) is 7.34. The van der Waals surface area contributed by atoms with Crippen molar-refractivity contribution in [2.24, 2.45) is 0 Å². The molecule has 1 saturated heterocycles. The number of hydrogen-bond acceptors (Lipinski definition) is 4. The van der Waals surface area contributed by atoms with Gasteiger partial charge in [0.15, 0.2) is 0 Å². The molecule has 0 unspecified atom stereocenters. The van der Waals surface area contributed by atoms with E-state index < -0.39 is 0 Å². The van der Waals surface area contributed by atoms with Crippen LogP contribution in [0.1, 0.15) is 29.0 Å². The molecular weight excluding hydrogens is 318 g/mol. The average Bonchev–Trinajstić information content (AvgIpc) is 2.67. The quantitative estimate of drug-likeness (QED) is 0.859. The van der Waals surface area contributed by atoms with Crippen LogP contribution < -0.4 is 4.74 Å². The molecule has 0 aliphatic carbocycles. The van der Waals surface area contributed by atoms with Gasteiger partial charge in [-0.25, -0.2) is 0 Å². The Bertz CT molecular complexity index is 746. The fraction of sp³-hybridized carbons (Fsp3) is 0.316. The van der Waals surface area contributed by atoms with E-state index in [2.05, 4.69) is 4.98 Å². The van der Waals surface area contributed by atoms with E-state index in [9.17, 15) is 9.59 Å². The SMILES string of the molecule is COc1ccc([C@@H]2CN(C(C)=O)CCN2C(=O)c2ccccn2)cc1. The number of aromatic nitrogens is 1. The first-order valence-electron chi connectivity index (χ1n) is 8.21. The number of carbonyl (C=O) groups is 2. The third-order valence-electron chi connectivity index (χ3n) is 4.47. The van der Waals surface area contributed by atoms with E-state index in [-0.39, 0.29) is 17.9 Å². The molecule has 1 aromatic heterocycles. The van der Waals surface area contributed by atoms with E-state index >= 15 is 0 Å². The van der Waals surface area contributed by atoms with Crippen LogP contribution in [0.15, 0.2) is 48.7 Å². The lowest BCUT2D eigenvalue weighted by molar-refractivity contribution is -0.131. The second-order valence-corrected chi connectivity index (χ2v) is 5.97. The molecule has 130 valence electrons. The number of piperazine rings is 1. The van der Waals surface area contributed by atoms with Crippen molar-refractivity contribution >= 4 is 11.8 Å². The smallest absolute Gasteiger partial charge is 0.273 e. The van der Waals surface area contributed by atoms with E-state index in [1.54, 1.807) is 48.2 Å². The minimum absolute atomic E-state index is 0.0171. The highest BCUT2D eigenvalue weighted by Crippen LogP contribution is 2.28. The van der Waals surface area contributed by atoms with Crippen LogP contribution >= 0.6 is 0 Å². The summed E-state index contributed by atoms with van der Waals surface area (Å²) in [4.78, 5) is 32.5. The number of carbonyl (C=O) groups excluding carboxylic acids is 2. The summed E-state index contributed by atoms with van der Waals surface area (Å²) < 4.78 is 5.20. The molecule has 1 aliphatic heterocycles. The summed E-state index contributed by atoms with van der Waals surface area (Å²) in [5, 5.41) is 0. The van der Waals surface area contributed by atoms with Crippen molar-refractivity contribution in [2.45, 2.75) is 13.0 Å². The fourth-order valence-electron chi connectivity index (χ4n) is 3.06. The third-order valence-corrected chi connectivity index (χ3v) is 4.47. The van der Waals surface area contributed by atoms with Crippen LogP contribution in [0.5, 0.6) is 5.75 Å². The molecule has 1 fully saturated rings. The first kappa shape index (κ1) is 17.0. The van der Waals surface area contributed by atoms with Crippen molar-refractivity contribution in [3.05, 3.63) is 59.9 Å². The van der Waals surface area contributed by atoms with Crippen LogP contribution in [0.25, 0.3) is 0 Å². The van der Waals surface area contributed by atoms with Gasteiger partial charge in [-0.05, 0) is 29.8 Å². The maximum absolute atomic E-state index is 12.9. The van der Waals surface area contributed by atoms with Gasteiger partial charge in [-0.3, -0.25) is 14.6 Å². The van der Waals surface area contributed by atoms with E-state index in [0.717, 1.165) is 11.3 Å². The van der Waals surface area contributed by atoms with Crippen LogP contribution in [0.4, 0.5) is 0 Å². The molecule has 0 radical (unpaired) electrons. The maximum Gasteiger partial charge on any atom is 0.273 e. The summed E-state index contributed by atoms with van der Waals surface area (Å²) in [5.74, 6) is 0.652. The Labute approximate surface area is 147 Å². The molecular formula is C19H21N3O3. The second-order valence-electron chi connectivity index (χ2n) is 5.97. The minimum atomic E-state index is -0.210. The summed E-state index contributed by atoms with van der Waals surface area (Å²) >= 11 is 0. The lowest BCUT2D eigenvalue weighted by Crippen LogP contribution is -2.52. The van der Waals surface area contributed by atoms with Crippen LogP contribution in [0.3, 0.4) is 0 Å². The highest BCUT2D eigenvalue weighted by molar-refractivity contribution is 5.92. The zero-order chi connectivity index (χ0) is 17.8. The Morgan fingerprint density at radius 1 is 1.12 bits per heavy atom. The summed E-state index contributed by atoms with van der Waals surface area (Å²) in [6.45, 7) is 3.04. The van der Waals surface area contributed by atoms with Gasteiger partial charge in [-0.1, -0.05) is 18.2 Å². The Hall–Kier alpha value is -2.89. The van der Waals surface area contributed by atoms with Gasteiger partial charge in [0.2, 0.25) is 5.91 Å². The molecule has 0 bridgehead atoms. The first-order valence-corrected chi connectivity index (χ1v) is 8.21. The van der Waals surface area contributed by atoms with Gasteiger partial charge in [0, 0.05) is 32.8 Å². The van der Waals surface area contributed by atoms with Crippen LogP contribution in [0, 0.1) is 0 Å². The standard InChI is InChI=1S/C19H21N3O3/c1-14(23)21-11-12-22(19(24)17-5-3-4-10-20-17)18(13-21)15-6-8-16(25-2)9-7-15/h3-10,18H,11-13H2,1-2H3/t18-/m0/s1. The third kappa shape index (κ3) is 3.63. The number of nitrogens with zero attached hydrogens (tertiary/aromatic N) is 3. The van der Waals surface area contributed by atoms with Crippen molar-refractivity contribution in [2.75, 3.05) is 26.7 Å². The van der Waals surface area contributed by atoms with Gasteiger partial charge in [-0.15, -0.1) is 0 Å². The Kier molecular flexibility index (Phi) is 4.97. The number of benzene rings is 1. The largest absolute Gasteiger partial charge is 0.497 e. The fourth-order valence-corrected chi connectivity index (χ4v) is 3.06. The highest BCUT2D eigenvalue weighted by Gasteiger charge is 2.33. The van der Waals surface area contributed by atoms with Crippen LogP contribution in [-0.2, 0) is 4.79 Å². The molecule has 25 heavy (non-hydrogen) atoms. The molecule has 1 aromatic carbocycles. The monoisotopic (exact) mass is 339 g/mol. The Morgan fingerprint density at radius 3 is 2.48 bits per heavy atom. The molecule has 2 heterocycles. The predicted octanol–water partition coefficient (Wildman–Crippen LogP) is 2.14. The molecule has 6 heteroatoms. The lowest BCUT2D eigenvalue weighted by Gasteiger charge is -2.41. The number of hydrogen-bond donors (Lipinski definition) is 0. The predicted molar refractivity (Wildman–Crippen MR) is 93.3 cm³/mol. The molecule has 3 rings (SSSR count). The van der Waals surface area contributed by atoms with Crippen molar-refractivity contribution < 1.29 is 14.3 Å². The first-order chi connectivity index (χ1) is 12.1. The van der Waals surface area contributed by atoms with Crippen molar-refractivity contribution in [1.29, 1.82) is 0 Å². The van der Waals surface area contributed by atoms with Crippen LogP contribution in [-0.4, -0.2) is 53.3 Å². The van der Waals surface area contributed by atoms with Crippen molar-refractivity contribution in [1.82, 2.24) is 14.8 Å². The Balaban J connectivity index is 1.91. The molecule has 2 aromatic rings. The maximum atomic E-state index is 12.9. The molecule has 0 N–H and O–H groups in total. The van der Waals surface area contributed by atoms with Gasteiger partial charge in [0.05, 0.1) is 13.2 Å². The van der Waals surface area contributed by atoms with Crippen LogP contribution in [0.2, 0.25) is 0 Å². The van der Waals surface area contributed by atoms with Gasteiger partial charge in [0.1, 0.15) is 11.4 Å². The summed E-state index contributed by atoms with van der Waals surface area (Å²) in [6.07, 6.45) is 1.61. The van der Waals surface area contributed by atoms with Gasteiger partial charge >= 0.3 is 0 Å². The highest BCUT2D eigenvalue weighted by atomic mass is 16.5. The molecule has 1 aliphatic rings. The normalized spacial score (nSPS) is 17.3. The zero-order valence-corrected chi connectivity index (χ0v) is 14.4. The zero-order valence-electron chi connectivity index (χ0n) is 14.4. The number of rotatable bonds is 3. The van der Waals surface area contributed by atoms with E-state index in [1.807, 2.05) is 24.3 Å². The minimum Gasteiger partial charge on any atom is -0.497 e. The number of ether oxygens (including phenoxy) is 1. The summed E-state index contributed by atoms with van der Waals surface area (Å²) in [7, 11) is 1.62. The number of methoxy groups -OCH3 is 1. The van der Waals surface area contributed by atoms with Gasteiger partial charge in [-0.2, -0.15) is 0 Å². The van der Waals surface area contributed by atoms with Gasteiger partial charge in [0.25, 0.3) is 5.91 Å². The molecule has 6 nitrogen and oxygen atoms in total. The van der Waals surface area contributed by atoms with Gasteiger partial charge < -0.3 is 14.5 Å². The summed E-state index contributed by atoms with van der Waals surface area (Å²) in [5.41, 5.74) is 1.38. The van der Waals surface area contributed by atoms with E-state index in [0.29, 0.717) is 25.3 Å². The van der Waals surface area contributed by atoms with Crippen molar-refractivity contribution in [3.8, 4) is 5.75 Å². The number of amides is 2. The molecule has 1 atom stereocenters. The lowest BCUT2D eigenvalue weighted by atomic mass is 10.0.